The second-order valence-corrected chi connectivity index (χ2v) is 11.0. The second-order valence-electron chi connectivity index (χ2n) is 9.03. The van der Waals surface area contributed by atoms with E-state index in [9.17, 15) is 12.8 Å². The van der Waals surface area contributed by atoms with E-state index >= 15 is 0 Å². The van der Waals surface area contributed by atoms with Crippen LogP contribution in [-0.4, -0.2) is 30.4 Å². The van der Waals surface area contributed by atoms with Crippen LogP contribution in [-0.2, 0) is 23.0 Å². The maximum absolute atomic E-state index is 13.8. The summed E-state index contributed by atoms with van der Waals surface area (Å²) in [7, 11) is -3.54. The summed E-state index contributed by atoms with van der Waals surface area (Å²) in [6, 6.07) is 22.1. The lowest BCUT2D eigenvalue weighted by atomic mass is 9.97. The zero-order valence-electron chi connectivity index (χ0n) is 20.0. The number of sulfonamides is 1. The summed E-state index contributed by atoms with van der Waals surface area (Å²) in [6.07, 6.45) is 3.56. The molecule has 0 atom stereocenters. The van der Waals surface area contributed by atoms with Gasteiger partial charge in [-0.3, -0.25) is 0 Å². The standard InChI is InChI=1S/C29H29FN2O2S/c1-3-22-11-13-26(14-12-22)35(33,34)31-17-15-24(16-18-31)29-21(2)32(28-10-5-4-9-27(28)29)20-23-7-6-8-25(30)19-23/h4-15,19H,3,16-18,20H2,1-2H3. The normalized spacial score (nSPS) is 14.9. The highest BCUT2D eigenvalue weighted by Crippen LogP contribution is 2.35. The van der Waals surface area contributed by atoms with Crippen LogP contribution in [0.5, 0.6) is 0 Å². The molecule has 5 rings (SSSR count). The number of para-hydroxylation sites is 1. The van der Waals surface area contributed by atoms with Crippen LogP contribution < -0.4 is 0 Å². The van der Waals surface area contributed by atoms with E-state index in [1.807, 2.05) is 36.4 Å². The largest absolute Gasteiger partial charge is 0.340 e. The lowest BCUT2D eigenvalue weighted by molar-refractivity contribution is 0.441. The Morgan fingerprint density at radius 3 is 2.40 bits per heavy atom. The lowest BCUT2D eigenvalue weighted by Gasteiger charge is -2.26. The molecular formula is C29H29FN2O2S. The molecule has 35 heavy (non-hydrogen) atoms. The van der Waals surface area contributed by atoms with Gasteiger partial charge in [-0.1, -0.05) is 55.5 Å². The lowest BCUT2D eigenvalue weighted by Crippen LogP contribution is -2.34. The van der Waals surface area contributed by atoms with Crippen molar-refractivity contribution >= 4 is 26.5 Å². The average Bonchev–Trinajstić information content (AvgIpc) is 3.15. The predicted octanol–water partition coefficient (Wildman–Crippen LogP) is 6.18. The third-order valence-corrected chi connectivity index (χ3v) is 8.80. The molecule has 4 nitrogen and oxygen atoms in total. The minimum absolute atomic E-state index is 0.238. The first-order valence-electron chi connectivity index (χ1n) is 12.0. The Morgan fingerprint density at radius 1 is 0.943 bits per heavy atom. The van der Waals surface area contributed by atoms with Gasteiger partial charge in [0.25, 0.3) is 0 Å². The highest BCUT2D eigenvalue weighted by molar-refractivity contribution is 7.89. The van der Waals surface area contributed by atoms with Gasteiger partial charge >= 0.3 is 0 Å². The van der Waals surface area contributed by atoms with Crippen molar-refractivity contribution in [3.8, 4) is 0 Å². The molecule has 0 radical (unpaired) electrons. The summed E-state index contributed by atoms with van der Waals surface area (Å²) >= 11 is 0. The number of benzene rings is 3. The fourth-order valence-electron chi connectivity index (χ4n) is 5.00. The van der Waals surface area contributed by atoms with Gasteiger partial charge in [-0.05, 0) is 66.8 Å². The van der Waals surface area contributed by atoms with Crippen LogP contribution in [0.1, 0.15) is 35.7 Å². The molecule has 0 bridgehead atoms. The van der Waals surface area contributed by atoms with E-state index in [1.165, 1.54) is 6.07 Å². The van der Waals surface area contributed by atoms with Crippen LogP contribution in [0.25, 0.3) is 16.5 Å². The van der Waals surface area contributed by atoms with Crippen LogP contribution in [0.3, 0.4) is 0 Å². The molecule has 1 aliphatic rings. The summed E-state index contributed by atoms with van der Waals surface area (Å²) in [5.74, 6) is -0.238. The van der Waals surface area contributed by atoms with Gasteiger partial charge < -0.3 is 4.57 Å². The minimum Gasteiger partial charge on any atom is -0.340 e. The van der Waals surface area contributed by atoms with Crippen LogP contribution in [0.2, 0.25) is 0 Å². The number of aryl methyl sites for hydroxylation is 1. The highest BCUT2D eigenvalue weighted by atomic mass is 32.2. The number of hydrogen-bond donors (Lipinski definition) is 0. The zero-order valence-corrected chi connectivity index (χ0v) is 20.9. The molecule has 3 aromatic carbocycles. The summed E-state index contributed by atoms with van der Waals surface area (Å²) in [5.41, 5.74) is 6.54. The van der Waals surface area contributed by atoms with Gasteiger partial charge in [0.2, 0.25) is 10.0 Å². The van der Waals surface area contributed by atoms with Crippen LogP contribution in [0.4, 0.5) is 4.39 Å². The van der Waals surface area contributed by atoms with Gasteiger partial charge in [0.15, 0.2) is 0 Å². The first-order chi connectivity index (χ1) is 16.9. The van der Waals surface area contributed by atoms with Crippen LogP contribution in [0.15, 0.2) is 83.8 Å². The SMILES string of the molecule is CCc1ccc(S(=O)(=O)N2CC=C(c3c(C)n(Cc4cccc(F)c4)c4ccccc34)CC2)cc1. The molecule has 0 unspecified atom stereocenters. The Bertz CT molecular complexity index is 1520. The number of fused-ring (bicyclic) bond motifs is 1. The van der Waals surface area contributed by atoms with Crippen molar-refractivity contribution in [1.29, 1.82) is 0 Å². The van der Waals surface area contributed by atoms with Crippen molar-refractivity contribution in [2.45, 2.75) is 38.1 Å². The van der Waals surface area contributed by atoms with E-state index in [2.05, 4.69) is 30.5 Å². The Labute approximate surface area is 206 Å². The van der Waals surface area contributed by atoms with Crippen molar-refractivity contribution < 1.29 is 12.8 Å². The third-order valence-electron chi connectivity index (χ3n) is 6.92. The molecule has 0 aliphatic carbocycles. The maximum Gasteiger partial charge on any atom is 0.243 e. The number of nitrogens with zero attached hydrogens (tertiary/aromatic N) is 2. The fourth-order valence-corrected chi connectivity index (χ4v) is 6.38. The van der Waals surface area contributed by atoms with Gasteiger partial charge in [-0.2, -0.15) is 4.31 Å². The molecule has 6 heteroatoms. The third kappa shape index (κ3) is 4.44. The molecule has 2 heterocycles. The first-order valence-corrected chi connectivity index (χ1v) is 13.4. The molecule has 180 valence electrons. The number of hydrogen-bond acceptors (Lipinski definition) is 2. The Morgan fingerprint density at radius 2 is 1.71 bits per heavy atom. The van der Waals surface area contributed by atoms with Gasteiger partial charge in [-0.15, -0.1) is 0 Å². The summed E-state index contributed by atoms with van der Waals surface area (Å²) < 4.78 is 44.0. The fraction of sp³-hybridized carbons (Fsp3) is 0.241. The summed E-state index contributed by atoms with van der Waals surface area (Å²) in [4.78, 5) is 0.342. The van der Waals surface area contributed by atoms with E-state index in [0.29, 0.717) is 31.0 Å². The van der Waals surface area contributed by atoms with E-state index in [1.54, 1.807) is 28.6 Å². The van der Waals surface area contributed by atoms with E-state index in [-0.39, 0.29) is 5.82 Å². The van der Waals surface area contributed by atoms with E-state index in [0.717, 1.165) is 45.3 Å². The summed E-state index contributed by atoms with van der Waals surface area (Å²) in [5, 5.41) is 1.14. The van der Waals surface area contributed by atoms with Crippen molar-refractivity contribution in [3.05, 3.63) is 107 Å². The quantitative estimate of drug-likeness (QED) is 0.325. The van der Waals surface area contributed by atoms with E-state index in [4.69, 9.17) is 0 Å². The number of halogens is 1. The molecule has 0 amide bonds. The van der Waals surface area contributed by atoms with Gasteiger partial charge in [0, 0.05) is 41.8 Å². The van der Waals surface area contributed by atoms with Crippen molar-refractivity contribution in [3.63, 3.8) is 0 Å². The van der Waals surface area contributed by atoms with Crippen molar-refractivity contribution in [2.75, 3.05) is 13.1 Å². The highest BCUT2D eigenvalue weighted by Gasteiger charge is 2.28. The second kappa shape index (κ2) is 9.44. The molecule has 0 spiro atoms. The molecule has 0 saturated carbocycles. The number of aromatic nitrogens is 1. The van der Waals surface area contributed by atoms with E-state index < -0.39 is 10.0 Å². The first kappa shape index (κ1) is 23.5. The molecule has 4 aromatic rings. The minimum atomic E-state index is -3.54. The zero-order chi connectivity index (χ0) is 24.6. The molecular weight excluding hydrogens is 459 g/mol. The Hall–Kier alpha value is -3.22. The Kier molecular flexibility index (Phi) is 6.34. The number of rotatable bonds is 6. The molecule has 0 fully saturated rings. The molecule has 1 aliphatic heterocycles. The van der Waals surface area contributed by atoms with Gasteiger partial charge in [0.05, 0.1) is 4.90 Å². The van der Waals surface area contributed by atoms with Crippen LogP contribution in [0, 0.1) is 12.7 Å². The molecule has 1 aromatic heterocycles. The monoisotopic (exact) mass is 488 g/mol. The van der Waals surface area contributed by atoms with Gasteiger partial charge in [-0.25, -0.2) is 12.8 Å². The van der Waals surface area contributed by atoms with Gasteiger partial charge in [0.1, 0.15) is 5.82 Å². The molecule has 0 N–H and O–H groups in total. The average molecular weight is 489 g/mol. The van der Waals surface area contributed by atoms with Crippen molar-refractivity contribution in [2.24, 2.45) is 0 Å². The smallest absolute Gasteiger partial charge is 0.243 e. The maximum atomic E-state index is 13.8. The van der Waals surface area contributed by atoms with Crippen molar-refractivity contribution in [1.82, 2.24) is 8.87 Å². The predicted molar refractivity (Wildman–Crippen MR) is 139 cm³/mol. The Balaban J connectivity index is 1.47. The topological polar surface area (TPSA) is 42.3 Å². The van der Waals surface area contributed by atoms with Crippen LogP contribution >= 0.6 is 0 Å². The summed E-state index contributed by atoms with van der Waals surface area (Å²) in [6.45, 7) is 5.50. The molecule has 0 saturated heterocycles.